The zero-order chi connectivity index (χ0) is 10.1. The van der Waals surface area contributed by atoms with Crippen LogP contribution in [0.4, 0.5) is 0 Å². The third-order valence-corrected chi connectivity index (χ3v) is 10.0. The molecule has 3 rings (SSSR count). The summed E-state index contributed by atoms with van der Waals surface area (Å²) in [5.74, 6) is 1.01. The minimum absolute atomic E-state index is 0.176. The molecule has 2 heterocycles. The number of rotatable bonds is 0. The van der Waals surface area contributed by atoms with Gasteiger partial charge in [-0.2, -0.15) is 0 Å². The molecular formula is C11H16O2Si. The number of hydrogen-bond acceptors (Lipinski definition) is 2. The van der Waals surface area contributed by atoms with Crippen molar-refractivity contribution in [2.24, 2.45) is 11.8 Å². The van der Waals surface area contributed by atoms with Gasteiger partial charge in [-0.1, -0.05) is 25.9 Å². The molecule has 14 heavy (non-hydrogen) atoms. The van der Waals surface area contributed by atoms with Crippen molar-refractivity contribution < 1.29 is 9.90 Å². The van der Waals surface area contributed by atoms with Crippen molar-refractivity contribution in [3.05, 3.63) is 11.8 Å². The van der Waals surface area contributed by atoms with Gasteiger partial charge in [-0.15, -0.1) is 0 Å². The van der Waals surface area contributed by atoms with Gasteiger partial charge in [0.1, 0.15) is 0 Å². The largest absolute Gasteiger partial charge is 0.512 e. The molecule has 0 saturated carbocycles. The van der Waals surface area contributed by atoms with Gasteiger partial charge >= 0.3 is 0 Å². The lowest BCUT2D eigenvalue weighted by atomic mass is 9.80. The second-order valence-electron chi connectivity index (χ2n) is 5.63. The fraction of sp³-hybridized carbons (Fsp3) is 0.727. The number of carbonyl (C=O) groups is 1. The highest BCUT2D eigenvalue weighted by Crippen LogP contribution is 2.67. The third kappa shape index (κ3) is 0.760. The molecule has 2 fully saturated rings. The zero-order valence-corrected chi connectivity index (χ0v) is 9.66. The van der Waals surface area contributed by atoms with Crippen LogP contribution in [0.5, 0.6) is 0 Å². The molecule has 3 heteroatoms. The van der Waals surface area contributed by atoms with Gasteiger partial charge in [0.2, 0.25) is 0 Å². The van der Waals surface area contributed by atoms with E-state index < -0.39 is 8.07 Å². The molecule has 1 N–H and O–H groups in total. The van der Waals surface area contributed by atoms with E-state index in [-0.39, 0.29) is 17.6 Å². The SMILES string of the molecule is C[Si]1(C)C2CCC1C1C(O)=CC(=O)C12. The second-order valence-corrected chi connectivity index (χ2v) is 10.8. The fourth-order valence-corrected chi connectivity index (χ4v) is 9.24. The molecule has 0 aromatic heterocycles. The molecule has 2 aliphatic heterocycles. The standard InChI is InChI=1S/C11H16O2Si/c1-14(2)8-3-4-9(14)11-7(13)5-6(12)10(8)11/h5,8-12H,3-4H2,1-2H3. The Labute approximate surface area is 85.0 Å². The molecule has 4 atom stereocenters. The average Bonchev–Trinajstić information content (AvgIpc) is 2.63. The second kappa shape index (κ2) is 2.32. The molecule has 76 valence electrons. The molecule has 0 radical (unpaired) electrons. The normalized spacial score (nSPS) is 48.1. The van der Waals surface area contributed by atoms with E-state index >= 15 is 0 Å². The number of carbonyl (C=O) groups excluding carboxylic acids is 1. The quantitative estimate of drug-likeness (QED) is 0.621. The monoisotopic (exact) mass is 208 g/mol. The molecule has 2 bridgehead atoms. The maximum absolute atomic E-state index is 11.7. The number of ketones is 1. The lowest BCUT2D eigenvalue weighted by Crippen LogP contribution is -2.29. The predicted octanol–water partition coefficient (Wildman–Crippen LogP) is 2.50. The van der Waals surface area contributed by atoms with Crippen molar-refractivity contribution >= 4 is 13.9 Å². The Kier molecular flexibility index (Phi) is 1.45. The van der Waals surface area contributed by atoms with Gasteiger partial charge in [-0.05, 0) is 11.1 Å². The first kappa shape index (κ1) is 8.71. The highest BCUT2D eigenvalue weighted by atomic mass is 28.3. The topological polar surface area (TPSA) is 37.3 Å². The van der Waals surface area contributed by atoms with E-state index in [2.05, 4.69) is 13.1 Å². The van der Waals surface area contributed by atoms with E-state index in [0.29, 0.717) is 16.8 Å². The fourth-order valence-electron chi connectivity index (χ4n) is 4.27. The van der Waals surface area contributed by atoms with Crippen LogP contribution in [0, 0.1) is 11.8 Å². The van der Waals surface area contributed by atoms with Crippen molar-refractivity contribution in [2.45, 2.75) is 37.0 Å². The smallest absolute Gasteiger partial charge is 0.162 e. The van der Waals surface area contributed by atoms with Crippen LogP contribution in [0.15, 0.2) is 11.8 Å². The summed E-state index contributed by atoms with van der Waals surface area (Å²) < 4.78 is 0. The molecule has 0 aromatic carbocycles. The maximum atomic E-state index is 11.7. The Morgan fingerprint density at radius 1 is 1.29 bits per heavy atom. The van der Waals surface area contributed by atoms with Gasteiger partial charge in [-0.3, -0.25) is 4.79 Å². The van der Waals surface area contributed by atoms with E-state index in [4.69, 9.17) is 0 Å². The molecule has 0 aromatic rings. The van der Waals surface area contributed by atoms with E-state index in [0.717, 1.165) is 0 Å². The van der Waals surface area contributed by atoms with E-state index in [9.17, 15) is 9.90 Å². The predicted molar refractivity (Wildman–Crippen MR) is 56.9 cm³/mol. The number of aliphatic hydroxyl groups is 1. The molecule has 1 aliphatic carbocycles. The Bertz CT molecular complexity index is 345. The molecule has 4 unspecified atom stereocenters. The zero-order valence-electron chi connectivity index (χ0n) is 8.66. The van der Waals surface area contributed by atoms with Gasteiger partial charge < -0.3 is 5.11 Å². The highest BCUT2D eigenvalue weighted by Gasteiger charge is 2.64. The lowest BCUT2D eigenvalue weighted by Gasteiger charge is -2.23. The molecule has 0 amide bonds. The minimum Gasteiger partial charge on any atom is -0.512 e. The third-order valence-electron chi connectivity index (χ3n) is 4.91. The summed E-state index contributed by atoms with van der Waals surface area (Å²) in [6.07, 6.45) is 3.97. The first-order valence-corrected chi connectivity index (χ1v) is 8.63. The highest BCUT2D eigenvalue weighted by molar-refractivity contribution is 6.82. The van der Waals surface area contributed by atoms with E-state index in [1.54, 1.807) is 0 Å². The van der Waals surface area contributed by atoms with Crippen molar-refractivity contribution in [1.82, 2.24) is 0 Å². The van der Waals surface area contributed by atoms with Gasteiger partial charge in [0, 0.05) is 17.9 Å². The molecular weight excluding hydrogens is 192 g/mol. The van der Waals surface area contributed by atoms with Crippen LogP contribution in [-0.4, -0.2) is 19.0 Å². The van der Waals surface area contributed by atoms with Crippen LogP contribution in [0.2, 0.25) is 24.2 Å². The van der Waals surface area contributed by atoms with E-state index in [1.165, 1.54) is 18.9 Å². The maximum Gasteiger partial charge on any atom is 0.162 e. The molecule has 3 aliphatic rings. The number of hydrogen-bond donors (Lipinski definition) is 1. The summed E-state index contributed by atoms with van der Waals surface area (Å²) in [6.45, 7) is 4.79. The Balaban J connectivity index is 2.09. The van der Waals surface area contributed by atoms with Crippen molar-refractivity contribution in [3.8, 4) is 0 Å². The molecule has 2 nitrogen and oxygen atoms in total. The van der Waals surface area contributed by atoms with Crippen LogP contribution in [0.25, 0.3) is 0 Å². The van der Waals surface area contributed by atoms with Crippen LogP contribution >= 0.6 is 0 Å². The van der Waals surface area contributed by atoms with Crippen LogP contribution in [-0.2, 0) is 4.79 Å². The van der Waals surface area contributed by atoms with Gasteiger partial charge in [0.25, 0.3) is 0 Å². The summed E-state index contributed by atoms with van der Waals surface area (Å²) in [4.78, 5) is 11.7. The van der Waals surface area contributed by atoms with Crippen LogP contribution < -0.4 is 0 Å². The summed E-state index contributed by atoms with van der Waals surface area (Å²) in [5, 5.41) is 9.79. The summed E-state index contributed by atoms with van der Waals surface area (Å²) in [5.41, 5.74) is 1.31. The number of allylic oxidation sites excluding steroid dienone is 2. The summed E-state index contributed by atoms with van der Waals surface area (Å²) in [7, 11) is -1.24. The Hall–Kier alpha value is -0.573. The van der Waals surface area contributed by atoms with E-state index in [1.807, 2.05) is 0 Å². The van der Waals surface area contributed by atoms with Crippen molar-refractivity contribution in [2.75, 3.05) is 0 Å². The summed E-state index contributed by atoms with van der Waals surface area (Å²) in [6, 6.07) is 0. The Morgan fingerprint density at radius 2 is 1.86 bits per heavy atom. The van der Waals surface area contributed by atoms with Crippen LogP contribution in [0.1, 0.15) is 12.8 Å². The van der Waals surface area contributed by atoms with Gasteiger partial charge in [0.05, 0.1) is 13.8 Å². The van der Waals surface area contributed by atoms with Crippen molar-refractivity contribution in [3.63, 3.8) is 0 Å². The average molecular weight is 208 g/mol. The minimum atomic E-state index is -1.24. The van der Waals surface area contributed by atoms with Gasteiger partial charge in [-0.25, -0.2) is 0 Å². The lowest BCUT2D eigenvalue weighted by molar-refractivity contribution is -0.118. The molecule has 2 saturated heterocycles. The van der Waals surface area contributed by atoms with Gasteiger partial charge in [0.15, 0.2) is 5.78 Å². The van der Waals surface area contributed by atoms with Crippen molar-refractivity contribution in [1.29, 1.82) is 0 Å². The number of aliphatic hydroxyl groups excluding tert-OH is 1. The first-order chi connectivity index (χ1) is 6.53. The van der Waals surface area contributed by atoms with Crippen LogP contribution in [0.3, 0.4) is 0 Å². The summed E-state index contributed by atoms with van der Waals surface area (Å²) >= 11 is 0. The number of fused-ring (bicyclic) bond motifs is 5. The molecule has 0 spiro atoms. The Morgan fingerprint density at radius 3 is 2.43 bits per heavy atom. The first-order valence-electron chi connectivity index (χ1n) is 5.48.